The third-order valence-corrected chi connectivity index (χ3v) is 5.65. The molecule has 1 amide bonds. The van der Waals surface area contributed by atoms with E-state index < -0.39 is 5.91 Å². The van der Waals surface area contributed by atoms with Gasteiger partial charge >= 0.3 is 0 Å². The number of carbonyl (C=O) groups is 1. The molecule has 1 aliphatic heterocycles. The molecule has 29 heavy (non-hydrogen) atoms. The minimum absolute atomic E-state index is 0.211. The Kier molecular flexibility index (Phi) is 5.57. The number of aromatic nitrogens is 2. The molecule has 4 rings (SSSR count). The van der Waals surface area contributed by atoms with Crippen LogP contribution in [0, 0.1) is 0 Å². The van der Waals surface area contributed by atoms with Crippen LogP contribution < -0.4 is 15.7 Å². The van der Waals surface area contributed by atoms with E-state index in [2.05, 4.69) is 62.7 Å². The molecule has 7 heteroatoms. The summed E-state index contributed by atoms with van der Waals surface area (Å²) in [6.45, 7) is 1.85. The van der Waals surface area contributed by atoms with Gasteiger partial charge in [0.25, 0.3) is 5.91 Å². The largest absolute Gasteiger partial charge is 0.371 e. The summed E-state index contributed by atoms with van der Waals surface area (Å²) in [6, 6.07) is 10.5. The van der Waals surface area contributed by atoms with Gasteiger partial charge in [-0.05, 0) is 43.4 Å². The summed E-state index contributed by atoms with van der Waals surface area (Å²) in [6.07, 6.45) is 13.5. The summed E-state index contributed by atoms with van der Waals surface area (Å²) < 4.78 is 0. The van der Waals surface area contributed by atoms with E-state index in [0.717, 1.165) is 38.8 Å². The van der Waals surface area contributed by atoms with Crippen LogP contribution in [0.15, 0.2) is 66.5 Å². The molecule has 0 atom stereocenters. The highest BCUT2D eigenvalue weighted by Gasteiger charge is 2.38. The van der Waals surface area contributed by atoms with Crippen LogP contribution in [0.3, 0.4) is 0 Å². The Morgan fingerprint density at radius 3 is 2.41 bits per heavy atom. The van der Waals surface area contributed by atoms with E-state index in [0.29, 0.717) is 5.95 Å². The molecule has 2 heterocycles. The second kappa shape index (κ2) is 8.45. The Bertz CT molecular complexity index is 901. The number of carbonyl (C=O) groups excluding carboxylic acids is 1. The average Bonchev–Trinajstić information content (AvgIpc) is 2.81. The van der Waals surface area contributed by atoms with Crippen molar-refractivity contribution in [1.82, 2.24) is 15.4 Å². The van der Waals surface area contributed by atoms with Crippen molar-refractivity contribution < 1.29 is 10.0 Å². The summed E-state index contributed by atoms with van der Waals surface area (Å²) in [5, 5.41) is 12.3. The van der Waals surface area contributed by atoms with Gasteiger partial charge in [0.05, 0.1) is 11.1 Å². The van der Waals surface area contributed by atoms with Gasteiger partial charge in [-0.1, -0.05) is 36.4 Å². The first kappa shape index (κ1) is 19.1. The molecule has 0 unspecified atom stereocenters. The van der Waals surface area contributed by atoms with Crippen molar-refractivity contribution in [3.63, 3.8) is 0 Å². The summed E-state index contributed by atoms with van der Waals surface area (Å²) in [7, 11) is 0. The van der Waals surface area contributed by atoms with Crippen LogP contribution in [-0.4, -0.2) is 39.7 Å². The zero-order valence-corrected chi connectivity index (χ0v) is 16.2. The van der Waals surface area contributed by atoms with Crippen LogP contribution in [0.25, 0.3) is 0 Å². The fourth-order valence-electron chi connectivity index (χ4n) is 4.03. The number of rotatable bonds is 5. The van der Waals surface area contributed by atoms with Crippen molar-refractivity contribution in [1.29, 1.82) is 0 Å². The molecule has 1 fully saturated rings. The monoisotopic (exact) mass is 391 g/mol. The highest BCUT2D eigenvalue weighted by molar-refractivity contribution is 5.92. The number of piperidine rings is 1. The van der Waals surface area contributed by atoms with Crippen molar-refractivity contribution in [3.8, 4) is 0 Å². The number of anilines is 2. The van der Waals surface area contributed by atoms with Gasteiger partial charge in [-0.3, -0.25) is 10.0 Å². The van der Waals surface area contributed by atoms with E-state index in [4.69, 9.17) is 5.21 Å². The normalized spacial score (nSPS) is 18.1. The number of benzene rings is 1. The predicted molar refractivity (Wildman–Crippen MR) is 112 cm³/mol. The quantitative estimate of drug-likeness (QED) is 0.535. The van der Waals surface area contributed by atoms with Crippen molar-refractivity contribution >= 4 is 17.5 Å². The lowest BCUT2D eigenvalue weighted by Gasteiger charge is -2.44. The number of hydrogen-bond donors (Lipinski definition) is 3. The first-order chi connectivity index (χ1) is 14.2. The number of hydrogen-bond acceptors (Lipinski definition) is 6. The predicted octanol–water partition coefficient (Wildman–Crippen LogP) is 3.32. The van der Waals surface area contributed by atoms with E-state index in [1.165, 1.54) is 23.7 Å². The maximum Gasteiger partial charge on any atom is 0.277 e. The maximum absolute atomic E-state index is 11.5. The van der Waals surface area contributed by atoms with Gasteiger partial charge in [0.15, 0.2) is 0 Å². The molecule has 1 aromatic heterocycles. The molecule has 0 bridgehead atoms. The van der Waals surface area contributed by atoms with Gasteiger partial charge < -0.3 is 10.2 Å². The van der Waals surface area contributed by atoms with E-state index in [-0.39, 0.29) is 11.1 Å². The van der Waals surface area contributed by atoms with Crippen molar-refractivity contribution in [2.75, 3.05) is 23.3 Å². The van der Waals surface area contributed by atoms with Gasteiger partial charge in [0, 0.05) is 31.2 Å². The third-order valence-electron chi connectivity index (χ3n) is 5.65. The molecule has 1 aliphatic carbocycles. The summed E-state index contributed by atoms with van der Waals surface area (Å²) in [4.78, 5) is 22.5. The minimum atomic E-state index is -0.625. The molecule has 1 saturated heterocycles. The minimum Gasteiger partial charge on any atom is -0.371 e. The van der Waals surface area contributed by atoms with Crippen LogP contribution >= 0.6 is 0 Å². The van der Waals surface area contributed by atoms with E-state index in [1.807, 2.05) is 6.07 Å². The Morgan fingerprint density at radius 2 is 1.79 bits per heavy atom. The standard InChI is InChI=1S/C22H25N5O2/c28-20(26-29)17-15-23-21(24-16-17)25-22(18-7-3-1-4-8-18)11-13-27(14-12-22)19-9-5-2-6-10-19/h2-3,5-10,15-16,29H,1,4,11-14H2,(H,26,28)(H,23,24,25). The second-order valence-electron chi connectivity index (χ2n) is 7.41. The lowest BCUT2D eigenvalue weighted by atomic mass is 9.78. The first-order valence-electron chi connectivity index (χ1n) is 9.92. The molecule has 2 aliphatic rings. The molecule has 0 spiro atoms. The molecule has 3 N–H and O–H groups in total. The van der Waals surface area contributed by atoms with Gasteiger partial charge in [-0.25, -0.2) is 15.4 Å². The number of nitrogens with one attached hydrogen (secondary N) is 2. The SMILES string of the molecule is O=C(NO)c1cnc(NC2(C3=CCCC=C3)CCN(c3ccccc3)CC2)nc1. The van der Waals surface area contributed by atoms with Gasteiger partial charge in [-0.15, -0.1) is 0 Å². The maximum atomic E-state index is 11.5. The Balaban J connectivity index is 1.55. The topological polar surface area (TPSA) is 90.4 Å². The lowest BCUT2D eigenvalue weighted by molar-refractivity contribution is 0.0705. The fourth-order valence-corrected chi connectivity index (χ4v) is 4.03. The molecule has 0 saturated carbocycles. The lowest BCUT2D eigenvalue weighted by Crippen LogP contribution is -2.51. The third kappa shape index (κ3) is 4.14. The van der Waals surface area contributed by atoms with Crippen LogP contribution in [-0.2, 0) is 0 Å². The van der Waals surface area contributed by atoms with Gasteiger partial charge in [-0.2, -0.15) is 0 Å². The Morgan fingerprint density at radius 1 is 1.07 bits per heavy atom. The van der Waals surface area contributed by atoms with E-state index in [9.17, 15) is 4.79 Å². The molecular weight excluding hydrogens is 366 g/mol. The Hall–Kier alpha value is -3.19. The zero-order chi connectivity index (χ0) is 20.1. The highest BCUT2D eigenvalue weighted by Crippen LogP contribution is 2.36. The van der Waals surface area contributed by atoms with E-state index >= 15 is 0 Å². The van der Waals surface area contributed by atoms with Crippen LogP contribution in [0.2, 0.25) is 0 Å². The number of para-hydroxylation sites is 1. The van der Waals surface area contributed by atoms with Crippen molar-refractivity contribution in [2.45, 2.75) is 31.2 Å². The Labute approximate surface area is 170 Å². The van der Waals surface area contributed by atoms with E-state index in [1.54, 1.807) is 5.48 Å². The average molecular weight is 391 g/mol. The fraction of sp³-hybridized carbons (Fsp3) is 0.318. The first-order valence-corrected chi connectivity index (χ1v) is 9.92. The molecular formula is C22H25N5O2. The van der Waals surface area contributed by atoms with Gasteiger partial charge in [0.2, 0.25) is 5.95 Å². The summed E-state index contributed by atoms with van der Waals surface area (Å²) >= 11 is 0. The number of allylic oxidation sites excluding steroid dienone is 2. The number of nitrogens with zero attached hydrogens (tertiary/aromatic N) is 3. The molecule has 2 aromatic rings. The molecule has 150 valence electrons. The highest BCUT2D eigenvalue weighted by atomic mass is 16.5. The second-order valence-corrected chi connectivity index (χ2v) is 7.41. The van der Waals surface area contributed by atoms with Crippen LogP contribution in [0.5, 0.6) is 0 Å². The molecule has 7 nitrogen and oxygen atoms in total. The number of amides is 1. The summed E-state index contributed by atoms with van der Waals surface area (Å²) in [5.41, 5.74) is 4.08. The molecule has 0 radical (unpaired) electrons. The molecule has 1 aromatic carbocycles. The number of hydroxylamine groups is 1. The van der Waals surface area contributed by atoms with Crippen LogP contribution in [0.1, 0.15) is 36.0 Å². The van der Waals surface area contributed by atoms with Crippen molar-refractivity contribution in [3.05, 3.63) is 72.1 Å². The van der Waals surface area contributed by atoms with Gasteiger partial charge in [0.1, 0.15) is 0 Å². The summed E-state index contributed by atoms with van der Waals surface area (Å²) in [5.74, 6) is -0.145. The smallest absolute Gasteiger partial charge is 0.277 e. The van der Waals surface area contributed by atoms with Crippen molar-refractivity contribution in [2.24, 2.45) is 0 Å². The van der Waals surface area contributed by atoms with Crippen LogP contribution in [0.4, 0.5) is 11.6 Å². The zero-order valence-electron chi connectivity index (χ0n) is 16.2.